The zero-order chi connectivity index (χ0) is 16.1. The molecule has 2 heterocycles. The van der Waals surface area contributed by atoms with Gasteiger partial charge in [-0.25, -0.2) is 4.98 Å². The van der Waals surface area contributed by atoms with Gasteiger partial charge in [-0.3, -0.25) is 4.90 Å². The van der Waals surface area contributed by atoms with Gasteiger partial charge in [0.05, 0.1) is 12.3 Å². The fourth-order valence-corrected chi connectivity index (χ4v) is 3.85. The minimum Gasteiger partial charge on any atom is -0.494 e. The number of likely N-dealkylation sites (tertiary alicyclic amines) is 1. The second-order valence-electron chi connectivity index (χ2n) is 5.96. The molecule has 1 atom stereocenters. The van der Waals surface area contributed by atoms with Crippen molar-refractivity contribution in [1.82, 2.24) is 15.2 Å². The minimum atomic E-state index is 0. The molecule has 0 aliphatic carbocycles. The molecule has 1 aromatic heterocycles. The number of piperidine rings is 1. The Balaban J connectivity index is 0.00000156. The molecule has 1 fully saturated rings. The molecule has 25 heavy (non-hydrogen) atoms. The summed E-state index contributed by atoms with van der Waals surface area (Å²) in [6.07, 6.45) is 2.54. The van der Waals surface area contributed by atoms with Gasteiger partial charge in [-0.2, -0.15) is 0 Å². The van der Waals surface area contributed by atoms with E-state index in [-0.39, 0.29) is 24.8 Å². The monoisotopic (exact) mass is 403 g/mol. The van der Waals surface area contributed by atoms with Gasteiger partial charge in [-0.05, 0) is 57.6 Å². The van der Waals surface area contributed by atoms with Crippen molar-refractivity contribution in [2.45, 2.75) is 32.4 Å². The van der Waals surface area contributed by atoms with Crippen LogP contribution in [0.4, 0.5) is 0 Å². The molecule has 1 N–H and O–H groups in total. The molecule has 0 bridgehead atoms. The maximum absolute atomic E-state index is 5.49. The normalized spacial score (nSPS) is 17.4. The summed E-state index contributed by atoms with van der Waals surface area (Å²) in [6, 6.07) is 8.83. The van der Waals surface area contributed by atoms with Gasteiger partial charge < -0.3 is 10.1 Å². The van der Waals surface area contributed by atoms with E-state index in [1.165, 1.54) is 25.1 Å². The molecular formula is C18H27Cl2N3OS. The number of nitrogens with zero attached hydrogens (tertiary/aromatic N) is 2. The number of likely N-dealkylation sites (N-methyl/N-ethyl adjacent to an activating group) is 1. The molecule has 7 heteroatoms. The lowest BCUT2D eigenvalue weighted by molar-refractivity contribution is 0.186. The second kappa shape index (κ2) is 11.0. The summed E-state index contributed by atoms with van der Waals surface area (Å²) in [5.41, 5.74) is 2.34. The van der Waals surface area contributed by atoms with E-state index in [0.29, 0.717) is 12.6 Å². The third kappa shape index (κ3) is 6.12. The lowest BCUT2D eigenvalue weighted by Gasteiger charge is -2.31. The van der Waals surface area contributed by atoms with Crippen LogP contribution >= 0.6 is 36.2 Å². The number of hydrogen-bond acceptors (Lipinski definition) is 5. The molecule has 1 aromatic carbocycles. The Kier molecular flexibility index (Phi) is 9.75. The Morgan fingerprint density at radius 2 is 2.04 bits per heavy atom. The molecule has 1 aliphatic rings. The van der Waals surface area contributed by atoms with Gasteiger partial charge in [0.2, 0.25) is 0 Å². The molecule has 1 unspecified atom stereocenters. The standard InChI is InChI=1S/C18H25N3OS.2ClH/c1-3-22-17-8-6-14(7-9-17)18-20-16(13-23-18)12-21-10-4-5-15(11-21)19-2;;/h6-9,13,15,19H,3-5,10-12H2,1-2H3;2*1H. The number of benzene rings is 1. The number of hydrogen-bond donors (Lipinski definition) is 1. The fraction of sp³-hybridized carbons (Fsp3) is 0.500. The zero-order valence-electron chi connectivity index (χ0n) is 14.7. The maximum Gasteiger partial charge on any atom is 0.123 e. The molecule has 0 spiro atoms. The number of aromatic nitrogens is 1. The number of rotatable bonds is 6. The summed E-state index contributed by atoms with van der Waals surface area (Å²) in [7, 11) is 2.06. The SMILES string of the molecule is CCOc1ccc(-c2nc(CN3CCCC(NC)C3)cs2)cc1.Cl.Cl. The van der Waals surface area contributed by atoms with E-state index in [4.69, 9.17) is 9.72 Å². The lowest BCUT2D eigenvalue weighted by atomic mass is 10.1. The van der Waals surface area contributed by atoms with Crippen LogP contribution in [0.25, 0.3) is 10.6 Å². The zero-order valence-corrected chi connectivity index (χ0v) is 17.2. The molecular weight excluding hydrogens is 377 g/mol. The first-order valence-corrected chi connectivity index (χ1v) is 9.23. The van der Waals surface area contributed by atoms with Gasteiger partial charge in [0.1, 0.15) is 10.8 Å². The number of ether oxygens (including phenoxy) is 1. The van der Waals surface area contributed by atoms with Gasteiger partial charge in [0.25, 0.3) is 0 Å². The van der Waals surface area contributed by atoms with Gasteiger partial charge >= 0.3 is 0 Å². The van der Waals surface area contributed by atoms with Crippen molar-refractivity contribution in [2.24, 2.45) is 0 Å². The van der Waals surface area contributed by atoms with Crippen molar-refractivity contribution in [3.8, 4) is 16.3 Å². The van der Waals surface area contributed by atoms with E-state index in [0.717, 1.165) is 29.4 Å². The summed E-state index contributed by atoms with van der Waals surface area (Å²) in [6.45, 7) is 5.94. The first kappa shape index (κ1) is 22.2. The predicted octanol–water partition coefficient (Wildman–Crippen LogP) is 4.24. The number of nitrogens with one attached hydrogen (secondary N) is 1. The molecule has 0 saturated carbocycles. The van der Waals surface area contributed by atoms with Crippen molar-refractivity contribution < 1.29 is 4.74 Å². The third-order valence-electron chi connectivity index (χ3n) is 4.26. The van der Waals surface area contributed by atoms with Crippen LogP contribution in [0, 0.1) is 0 Å². The van der Waals surface area contributed by atoms with Crippen LogP contribution in [-0.2, 0) is 6.54 Å². The maximum atomic E-state index is 5.49. The Morgan fingerprint density at radius 3 is 2.72 bits per heavy atom. The van der Waals surface area contributed by atoms with Crippen LogP contribution in [0.3, 0.4) is 0 Å². The van der Waals surface area contributed by atoms with Crippen LogP contribution in [0.2, 0.25) is 0 Å². The average molecular weight is 404 g/mol. The lowest BCUT2D eigenvalue weighted by Crippen LogP contribution is -2.43. The van der Waals surface area contributed by atoms with E-state index in [1.807, 2.05) is 19.1 Å². The second-order valence-corrected chi connectivity index (χ2v) is 6.82. The van der Waals surface area contributed by atoms with Gasteiger partial charge in [0, 0.05) is 30.1 Å². The minimum absolute atomic E-state index is 0. The van der Waals surface area contributed by atoms with E-state index >= 15 is 0 Å². The van der Waals surface area contributed by atoms with Crippen LogP contribution in [0.1, 0.15) is 25.5 Å². The Hall–Kier alpha value is -0.850. The molecule has 0 radical (unpaired) electrons. The summed E-state index contributed by atoms with van der Waals surface area (Å²) >= 11 is 1.72. The highest BCUT2D eigenvalue weighted by Crippen LogP contribution is 2.26. The van der Waals surface area contributed by atoms with Crippen LogP contribution in [-0.4, -0.2) is 42.7 Å². The van der Waals surface area contributed by atoms with Crippen LogP contribution in [0.15, 0.2) is 29.6 Å². The molecule has 2 aromatic rings. The van der Waals surface area contributed by atoms with E-state index in [9.17, 15) is 0 Å². The number of halogens is 2. The first-order chi connectivity index (χ1) is 11.3. The van der Waals surface area contributed by atoms with Crippen molar-refractivity contribution in [3.05, 3.63) is 35.3 Å². The van der Waals surface area contributed by atoms with Crippen molar-refractivity contribution in [2.75, 3.05) is 26.7 Å². The molecule has 1 aliphatic heterocycles. The van der Waals surface area contributed by atoms with Gasteiger partial charge in [-0.1, -0.05) is 0 Å². The molecule has 4 nitrogen and oxygen atoms in total. The molecule has 1 saturated heterocycles. The highest BCUT2D eigenvalue weighted by Gasteiger charge is 2.19. The third-order valence-corrected chi connectivity index (χ3v) is 5.20. The Morgan fingerprint density at radius 1 is 1.28 bits per heavy atom. The quantitative estimate of drug-likeness (QED) is 0.782. The van der Waals surface area contributed by atoms with Crippen LogP contribution < -0.4 is 10.1 Å². The van der Waals surface area contributed by atoms with Gasteiger partial charge in [0.15, 0.2) is 0 Å². The summed E-state index contributed by atoms with van der Waals surface area (Å²) in [5, 5.41) is 6.67. The first-order valence-electron chi connectivity index (χ1n) is 8.35. The molecule has 140 valence electrons. The van der Waals surface area contributed by atoms with Gasteiger partial charge in [-0.15, -0.1) is 36.2 Å². The molecule has 3 rings (SSSR count). The Bertz CT molecular complexity index is 621. The van der Waals surface area contributed by atoms with E-state index in [1.54, 1.807) is 11.3 Å². The highest BCUT2D eigenvalue weighted by atomic mass is 35.5. The smallest absolute Gasteiger partial charge is 0.123 e. The average Bonchev–Trinajstić information content (AvgIpc) is 3.04. The summed E-state index contributed by atoms with van der Waals surface area (Å²) in [5.74, 6) is 0.916. The summed E-state index contributed by atoms with van der Waals surface area (Å²) in [4.78, 5) is 7.32. The highest BCUT2D eigenvalue weighted by molar-refractivity contribution is 7.13. The van der Waals surface area contributed by atoms with Crippen molar-refractivity contribution in [1.29, 1.82) is 0 Å². The summed E-state index contributed by atoms with van der Waals surface area (Å²) < 4.78 is 5.49. The number of thiazole rings is 1. The van der Waals surface area contributed by atoms with Crippen LogP contribution in [0.5, 0.6) is 5.75 Å². The largest absolute Gasteiger partial charge is 0.494 e. The molecule has 0 amide bonds. The predicted molar refractivity (Wildman–Crippen MR) is 111 cm³/mol. The fourth-order valence-electron chi connectivity index (χ4n) is 3.04. The van der Waals surface area contributed by atoms with Crippen molar-refractivity contribution in [3.63, 3.8) is 0 Å². The van der Waals surface area contributed by atoms with E-state index < -0.39 is 0 Å². The Labute approximate surface area is 166 Å². The van der Waals surface area contributed by atoms with Crippen molar-refractivity contribution >= 4 is 36.2 Å². The topological polar surface area (TPSA) is 37.4 Å². The van der Waals surface area contributed by atoms with E-state index in [2.05, 4.69) is 34.8 Å².